The number of carbonyl (C=O) groups excluding carboxylic acids is 1. The van der Waals surface area contributed by atoms with Crippen molar-refractivity contribution in [3.05, 3.63) is 95.8 Å². The molecule has 0 radical (unpaired) electrons. The Hall–Kier alpha value is -4.45. The molecule has 35 heavy (non-hydrogen) atoms. The number of methoxy groups -OCH3 is 3. The second kappa shape index (κ2) is 10.7. The lowest BCUT2D eigenvalue weighted by atomic mass is 10.1. The van der Waals surface area contributed by atoms with E-state index in [9.17, 15) is 4.79 Å². The quantitative estimate of drug-likeness (QED) is 0.180. The predicted octanol–water partition coefficient (Wildman–Crippen LogP) is 6.18. The number of rotatable bonds is 9. The fourth-order valence-electron chi connectivity index (χ4n) is 3.96. The summed E-state index contributed by atoms with van der Waals surface area (Å²) in [5.41, 5.74) is 4.50. The number of ketones is 1. The van der Waals surface area contributed by atoms with E-state index in [0.29, 0.717) is 22.8 Å². The number of aromatic nitrogens is 1. The Balaban J connectivity index is 1.47. The third-order valence-corrected chi connectivity index (χ3v) is 5.69. The predicted molar refractivity (Wildman–Crippen MR) is 141 cm³/mol. The van der Waals surface area contributed by atoms with Crippen molar-refractivity contribution >= 4 is 34.5 Å². The number of allylic oxidation sites excluding steroid dienone is 1. The molecule has 0 spiro atoms. The van der Waals surface area contributed by atoms with Gasteiger partial charge < -0.3 is 24.1 Å². The average molecular weight is 469 g/mol. The van der Waals surface area contributed by atoms with Crippen molar-refractivity contribution in [3.8, 4) is 17.2 Å². The molecule has 1 heterocycles. The van der Waals surface area contributed by atoms with Crippen molar-refractivity contribution in [1.29, 1.82) is 0 Å². The first-order chi connectivity index (χ1) is 17.0. The Labute approximate surface area is 205 Å². The topological polar surface area (TPSA) is 61.7 Å². The maximum Gasteiger partial charge on any atom is 0.203 e. The van der Waals surface area contributed by atoms with Gasteiger partial charge in [0.25, 0.3) is 0 Å². The molecule has 0 saturated carbocycles. The molecule has 1 N–H and O–H groups in total. The van der Waals surface area contributed by atoms with Gasteiger partial charge in [-0.15, -0.1) is 0 Å². The highest BCUT2D eigenvalue weighted by atomic mass is 16.5. The maximum atomic E-state index is 12.8. The number of nitrogens with one attached hydrogen (secondary N) is 1. The third kappa shape index (κ3) is 5.22. The van der Waals surface area contributed by atoms with Crippen LogP contribution in [0.25, 0.3) is 23.1 Å². The highest BCUT2D eigenvalue weighted by molar-refractivity contribution is 6.13. The standard InChI is InChI=1S/C29H28N2O4/c1-31-19-24(23-10-5-6-11-25(23)31)26(32)14-15-30-22-9-7-8-20(16-22)12-13-21-17-27(33-2)29(35-4)28(18-21)34-3/h5-19,30H,1-4H3/b13-12+,15-14-. The van der Waals surface area contributed by atoms with Crippen LogP contribution in [0.3, 0.4) is 0 Å². The summed E-state index contributed by atoms with van der Waals surface area (Å²) >= 11 is 0. The number of para-hydroxylation sites is 1. The number of hydrogen-bond donors (Lipinski definition) is 1. The second-order valence-corrected chi connectivity index (χ2v) is 7.93. The Bertz CT molecular complexity index is 1390. The summed E-state index contributed by atoms with van der Waals surface area (Å²) in [5.74, 6) is 1.71. The molecule has 6 nitrogen and oxygen atoms in total. The second-order valence-electron chi connectivity index (χ2n) is 7.93. The maximum absolute atomic E-state index is 12.8. The first-order valence-corrected chi connectivity index (χ1v) is 11.1. The Morgan fingerprint density at radius 3 is 2.29 bits per heavy atom. The van der Waals surface area contributed by atoms with E-state index in [1.54, 1.807) is 33.6 Å². The number of carbonyl (C=O) groups is 1. The van der Waals surface area contributed by atoms with Crippen LogP contribution in [0, 0.1) is 0 Å². The van der Waals surface area contributed by atoms with Crippen LogP contribution in [-0.4, -0.2) is 31.7 Å². The number of anilines is 1. The van der Waals surface area contributed by atoms with Crippen LogP contribution in [0.15, 0.2) is 79.1 Å². The third-order valence-electron chi connectivity index (χ3n) is 5.69. The smallest absolute Gasteiger partial charge is 0.203 e. The zero-order chi connectivity index (χ0) is 24.8. The lowest BCUT2D eigenvalue weighted by Gasteiger charge is -2.12. The number of fused-ring (bicyclic) bond motifs is 1. The van der Waals surface area contributed by atoms with Gasteiger partial charge in [-0.3, -0.25) is 4.79 Å². The van der Waals surface area contributed by atoms with Gasteiger partial charge in [-0.25, -0.2) is 0 Å². The highest BCUT2D eigenvalue weighted by Gasteiger charge is 2.12. The first kappa shape index (κ1) is 23.7. The van der Waals surface area contributed by atoms with Gasteiger partial charge in [0.1, 0.15) is 0 Å². The van der Waals surface area contributed by atoms with E-state index in [2.05, 4.69) is 5.32 Å². The molecule has 0 fully saturated rings. The van der Waals surface area contributed by atoms with Crippen molar-refractivity contribution in [2.75, 3.05) is 26.6 Å². The summed E-state index contributed by atoms with van der Waals surface area (Å²) < 4.78 is 18.2. The van der Waals surface area contributed by atoms with Gasteiger partial charge in [0, 0.05) is 47.7 Å². The molecule has 0 aliphatic rings. The van der Waals surface area contributed by atoms with E-state index in [1.165, 1.54) is 0 Å². The lowest BCUT2D eigenvalue weighted by molar-refractivity contribution is 0.104. The summed E-state index contributed by atoms with van der Waals surface area (Å²) in [6.45, 7) is 0. The van der Waals surface area contributed by atoms with E-state index in [1.807, 2.05) is 90.6 Å². The Morgan fingerprint density at radius 1 is 0.857 bits per heavy atom. The van der Waals surface area contributed by atoms with Gasteiger partial charge >= 0.3 is 0 Å². The molecule has 1 aromatic heterocycles. The number of nitrogens with zero attached hydrogens (tertiary/aromatic N) is 1. The number of hydrogen-bond acceptors (Lipinski definition) is 5. The Kier molecular flexibility index (Phi) is 7.21. The van der Waals surface area contributed by atoms with Gasteiger partial charge in [-0.1, -0.05) is 42.5 Å². The highest BCUT2D eigenvalue weighted by Crippen LogP contribution is 2.38. The van der Waals surface area contributed by atoms with Gasteiger partial charge in [-0.05, 0) is 41.5 Å². The molecule has 178 valence electrons. The molecule has 0 amide bonds. The fraction of sp³-hybridized carbons (Fsp3) is 0.138. The summed E-state index contributed by atoms with van der Waals surface area (Å²) in [6.07, 6.45) is 9.07. The summed E-state index contributed by atoms with van der Waals surface area (Å²) in [5, 5.41) is 4.14. The normalized spacial score (nSPS) is 11.3. The molecule has 3 aromatic carbocycles. The van der Waals surface area contributed by atoms with Crippen LogP contribution < -0.4 is 19.5 Å². The minimum absolute atomic E-state index is 0.0484. The van der Waals surface area contributed by atoms with E-state index < -0.39 is 0 Å². The molecule has 0 atom stereocenters. The van der Waals surface area contributed by atoms with Crippen molar-refractivity contribution in [2.45, 2.75) is 0 Å². The zero-order valence-electron chi connectivity index (χ0n) is 20.2. The van der Waals surface area contributed by atoms with Crippen LogP contribution in [-0.2, 0) is 7.05 Å². The Morgan fingerprint density at radius 2 is 1.57 bits per heavy atom. The molecular weight excluding hydrogens is 440 g/mol. The molecule has 6 heteroatoms. The van der Waals surface area contributed by atoms with Crippen molar-refractivity contribution in [2.24, 2.45) is 7.05 Å². The molecule has 4 rings (SSSR count). The number of ether oxygens (including phenoxy) is 3. The summed E-state index contributed by atoms with van der Waals surface area (Å²) in [4.78, 5) is 12.8. The average Bonchev–Trinajstić information content (AvgIpc) is 3.23. The molecule has 0 aliphatic heterocycles. The van der Waals surface area contributed by atoms with Gasteiger partial charge in [-0.2, -0.15) is 0 Å². The van der Waals surface area contributed by atoms with E-state index in [4.69, 9.17) is 14.2 Å². The number of benzene rings is 3. The van der Waals surface area contributed by atoms with Crippen LogP contribution in [0.1, 0.15) is 21.5 Å². The minimum Gasteiger partial charge on any atom is -0.493 e. The zero-order valence-corrected chi connectivity index (χ0v) is 20.2. The van der Waals surface area contributed by atoms with E-state index >= 15 is 0 Å². The molecule has 0 bridgehead atoms. The summed E-state index contributed by atoms with van der Waals surface area (Å²) in [7, 11) is 6.72. The number of aryl methyl sites for hydroxylation is 1. The van der Waals surface area contributed by atoms with Crippen molar-refractivity contribution in [3.63, 3.8) is 0 Å². The van der Waals surface area contributed by atoms with Crippen molar-refractivity contribution in [1.82, 2.24) is 4.57 Å². The van der Waals surface area contributed by atoms with E-state index in [-0.39, 0.29) is 5.78 Å². The van der Waals surface area contributed by atoms with Gasteiger partial charge in [0.2, 0.25) is 5.75 Å². The first-order valence-electron chi connectivity index (χ1n) is 11.1. The minimum atomic E-state index is -0.0484. The van der Waals surface area contributed by atoms with Crippen LogP contribution in [0.4, 0.5) is 5.69 Å². The van der Waals surface area contributed by atoms with Gasteiger partial charge in [0.05, 0.1) is 21.3 Å². The van der Waals surface area contributed by atoms with Crippen LogP contribution in [0.2, 0.25) is 0 Å². The van der Waals surface area contributed by atoms with E-state index in [0.717, 1.165) is 27.7 Å². The largest absolute Gasteiger partial charge is 0.493 e. The van der Waals surface area contributed by atoms with Crippen molar-refractivity contribution < 1.29 is 19.0 Å². The molecule has 0 unspecified atom stereocenters. The molecular formula is C29H28N2O4. The lowest BCUT2D eigenvalue weighted by Crippen LogP contribution is -1.96. The SMILES string of the molecule is COc1cc(/C=C/c2cccc(N/C=C\C(=O)c3cn(C)c4ccccc34)c2)cc(OC)c1OC. The molecule has 4 aromatic rings. The van der Waals surface area contributed by atoms with Crippen LogP contribution >= 0.6 is 0 Å². The molecule has 0 aliphatic carbocycles. The fourth-order valence-corrected chi connectivity index (χ4v) is 3.96. The summed E-state index contributed by atoms with van der Waals surface area (Å²) in [6, 6.07) is 19.6. The molecule has 0 saturated heterocycles. The van der Waals surface area contributed by atoms with Gasteiger partial charge in [0.15, 0.2) is 17.3 Å². The van der Waals surface area contributed by atoms with Crippen LogP contribution in [0.5, 0.6) is 17.2 Å². The monoisotopic (exact) mass is 468 g/mol.